The molecule has 0 spiro atoms. The highest BCUT2D eigenvalue weighted by Gasteiger charge is 2.30. The molecule has 2 fully saturated rings. The Balaban J connectivity index is 1.24. The van der Waals surface area contributed by atoms with E-state index < -0.39 is 0 Å². The molecule has 0 unspecified atom stereocenters. The van der Waals surface area contributed by atoms with Crippen LogP contribution in [-0.4, -0.2) is 37.5 Å². The van der Waals surface area contributed by atoms with Crippen molar-refractivity contribution < 1.29 is 0 Å². The molecule has 0 amide bonds. The van der Waals surface area contributed by atoms with Gasteiger partial charge < -0.3 is 4.90 Å². The number of anilines is 1. The van der Waals surface area contributed by atoms with E-state index >= 15 is 0 Å². The average Bonchev–Trinajstić information content (AvgIpc) is 3.25. The van der Waals surface area contributed by atoms with Crippen LogP contribution in [0.25, 0.3) is 4.96 Å². The highest BCUT2D eigenvalue weighted by atomic mass is 32.1. The van der Waals surface area contributed by atoms with Gasteiger partial charge in [0.1, 0.15) is 0 Å². The van der Waals surface area contributed by atoms with E-state index in [1.807, 2.05) is 22.4 Å². The van der Waals surface area contributed by atoms with Gasteiger partial charge in [-0.05, 0) is 30.7 Å². The van der Waals surface area contributed by atoms with E-state index in [0.717, 1.165) is 29.6 Å². The Labute approximate surface area is 145 Å². The predicted molar refractivity (Wildman–Crippen MR) is 94.7 cm³/mol. The van der Waals surface area contributed by atoms with Gasteiger partial charge in [0, 0.05) is 32.3 Å². The summed E-state index contributed by atoms with van der Waals surface area (Å²) in [5.74, 6) is 1.37. The molecule has 1 aliphatic carbocycles. The van der Waals surface area contributed by atoms with Crippen molar-refractivity contribution in [2.24, 2.45) is 13.0 Å². The fourth-order valence-corrected chi connectivity index (χ4v) is 4.93. The maximum atomic E-state index is 4.83. The summed E-state index contributed by atoms with van der Waals surface area (Å²) in [4.78, 5) is 8.24. The molecular formula is C17H22N6S. The van der Waals surface area contributed by atoms with Gasteiger partial charge in [-0.15, -0.1) is 5.10 Å². The minimum Gasteiger partial charge on any atom is -0.346 e. The van der Waals surface area contributed by atoms with Crippen LogP contribution in [0.4, 0.5) is 5.13 Å². The van der Waals surface area contributed by atoms with Crippen molar-refractivity contribution >= 4 is 21.4 Å². The summed E-state index contributed by atoms with van der Waals surface area (Å²) >= 11 is 1.72. The number of fused-ring (bicyclic) bond motifs is 1. The molecule has 6 nitrogen and oxygen atoms in total. The highest BCUT2D eigenvalue weighted by Crippen LogP contribution is 2.35. The van der Waals surface area contributed by atoms with Crippen molar-refractivity contribution in [2.75, 3.05) is 18.0 Å². The molecule has 4 heterocycles. The molecule has 3 aromatic heterocycles. The van der Waals surface area contributed by atoms with Gasteiger partial charge in [0.25, 0.3) is 0 Å². The summed E-state index contributed by atoms with van der Waals surface area (Å²) in [6, 6.07) is 0. The van der Waals surface area contributed by atoms with Crippen LogP contribution >= 0.6 is 11.3 Å². The molecule has 1 saturated carbocycles. The second kappa shape index (κ2) is 5.58. The number of imidazole rings is 1. The average molecular weight is 342 g/mol. The maximum Gasteiger partial charge on any atom is 0.214 e. The summed E-state index contributed by atoms with van der Waals surface area (Å²) in [5.41, 5.74) is 2.58. The molecule has 0 aromatic carbocycles. The van der Waals surface area contributed by atoms with E-state index in [9.17, 15) is 0 Å². The molecule has 1 saturated heterocycles. The van der Waals surface area contributed by atoms with E-state index in [0.29, 0.717) is 11.8 Å². The second-order valence-electron chi connectivity index (χ2n) is 7.26. The summed E-state index contributed by atoms with van der Waals surface area (Å²) in [6.45, 7) is 2.17. The van der Waals surface area contributed by atoms with Crippen molar-refractivity contribution in [3.63, 3.8) is 0 Å². The van der Waals surface area contributed by atoms with E-state index in [1.165, 1.54) is 36.9 Å². The van der Waals surface area contributed by atoms with Gasteiger partial charge >= 0.3 is 0 Å². The molecule has 1 aliphatic heterocycles. The summed E-state index contributed by atoms with van der Waals surface area (Å²) in [5, 5.41) is 10.1. The lowest BCUT2D eigenvalue weighted by molar-refractivity contribution is 0.406. The predicted octanol–water partition coefficient (Wildman–Crippen LogP) is 2.86. The van der Waals surface area contributed by atoms with Crippen LogP contribution in [0.15, 0.2) is 18.6 Å². The molecule has 5 rings (SSSR count). The Hall–Kier alpha value is -1.89. The minimum absolute atomic E-state index is 0.662. The summed E-state index contributed by atoms with van der Waals surface area (Å²) < 4.78 is 3.87. The van der Waals surface area contributed by atoms with Gasteiger partial charge in [0.2, 0.25) is 10.1 Å². The largest absolute Gasteiger partial charge is 0.346 e. The third kappa shape index (κ3) is 2.51. The standard InChI is InChI=1S/C17H22N6S/c1-21-8-12(7-18-21)6-13-9-22(10-13)17-20-23-11-15(19-16(23)24-17)14-4-2-3-5-14/h7-8,11,13-14H,2-6,9-10H2,1H3. The van der Waals surface area contributed by atoms with Crippen LogP contribution in [0.2, 0.25) is 0 Å². The zero-order valence-electron chi connectivity index (χ0n) is 13.9. The van der Waals surface area contributed by atoms with Crippen LogP contribution in [0.5, 0.6) is 0 Å². The molecule has 126 valence electrons. The van der Waals surface area contributed by atoms with Crippen molar-refractivity contribution in [1.29, 1.82) is 0 Å². The number of aryl methyl sites for hydroxylation is 1. The smallest absolute Gasteiger partial charge is 0.214 e. The van der Waals surface area contributed by atoms with Crippen LogP contribution in [0.1, 0.15) is 42.9 Å². The lowest BCUT2D eigenvalue weighted by Crippen LogP contribution is -2.47. The van der Waals surface area contributed by atoms with Crippen LogP contribution in [-0.2, 0) is 13.5 Å². The molecular weight excluding hydrogens is 320 g/mol. The van der Waals surface area contributed by atoms with E-state index in [-0.39, 0.29) is 0 Å². The molecule has 24 heavy (non-hydrogen) atoms. The van der Waals surface area contributed by atoms with Crippen LogP contribution in [0.3, 0.4) is 0 Å². The third-order valence-corrected chi connectivity index (χ3v) is 6.32. The SMILES string of the molecule is Cn1cc(CC2CN(c3nn4cc(C5CCCC5)nc4s3)C2)cn1. The first-order chi connectivity index (χ1) is 11.7. The first kappa shape index (κ1) is 14.5. The Kier molecular flexibility index (Phi) is 3.36. The van der Waals surface area contributed by atoms with Crippen molar-refractivity contribution in [3.8, 4) is 0 Å². The first-order valence-electron chi connectivity index (χ1n) is 8.83. The monoisotopic (exact) mass is 342 g/mol. The first-order valence-corrected chi connectivity index (χ1v) is 9.65. The second-order valence-corrected chi connectivity index (χ2v) is 8.19. The molecule has 3 aromatic rings. The highest BCUT2D eigenvalue weighted by molar-refractivity contribution is 7.20. The van der Waals surface area contributed by atoms with Crippen molar-refractivity contribution in [1.82, 2.24) is 24.4 Å². The summed E-state index contributed by atoms with van der Waals surface area (Å²) in [6.07, 6.45) is 12.6. The van der Waals surface area contributed by atoms with Gasteiger partial charge in [-0.3, -0.25) is 4.68 Å². The zero-order chi connectivity index (χ0) is 16.1. The number of aromatic nitrogens is 5. The van der Waals surface area contributed by atoms with E-state index in [1.54, 1.807) is 11.3 Å². The van der Waals surface area contributed by atoms with Crippen molar-refractivity contribution in [2.45, 2.75) is 38.0 Å². The molecule has 2 aliphatic rings. The van der Waals surface area contributed by atoms with Gasteiger partial charge in [-0.1, -0.05) is 24.2 Å². The number of nitrogens with zero attached hydrogens (tertiary/aromatic N) is 6. The Morgan fingerprint density at radius 3 is 2.75 bits per heavy atom. The van der Waals surface area contributed by atoms with E-state index in [4.69, 9.17) is 10.1 Å². The number of rotatable bonds is 4. The van der Waals surface area contributed by atoms with Crippen LogP contribution < -0.4 is 4.90 Å². The molecule has 0 bridgehead atoms. The normalized spacial score (nSPS) is 19.5. The summed E-state index contributed by atoms with van der Waals surface area (Å²) in [7, 11) is 1.97. The zero-order valence-corrected chi connectivity index (χ0v) is 14.7. The molecule has 0 radical (unpaired) electrons. The van der Waals surface area contributed by atoms with Gasteiger partial charge in [-0.25, -0.2) is 9.50 Å². The quantitative estimate of drug-likeness (QED) is 0.731. The number of hydrogen-bond donors (Lipinski definition) is 0. The Morgan fingerprint density at radius 1 is 1.21 bits per heavy atom. The minimum atomic E-state index is 0.662. The molecule has 0 N–H and O–H groups in total. The lowest BCUT2D eigenvalue weighted by atomic mass is 9.94. The van der Waals surface area contributed by atoms with E-state index in [2.05, 4.69) is 22.4 Å². The number of hydrogen-bond acceptors (Lipinski definition) is 5. The third-order valence-electron chi connectivity index (χ3n) is 5.34. The maximum absolute atomic E-state index is 4.83. The fourth-order valence-electron chi connectivity index (χ4n) is 4.02. The Bertz CT molecular complexity index is 818. The van der Waals surface area contributed by atoms with Crippen LogP contribution in [0, 0.1) is 5.92 Å². The topological polar surface area (TPSA) is 51.2 Å². The van der Waals surface area contributed by atoms with Gasteiger partial charge in [0.15, 0.2) is 0 Å². The van der Waals surface area contributed by atoms with Crippen molar-refractivity contribution in [3.05, 3.63) is 29.8 Å². The molecule has 7 heteroatoms. The lowest BCUT2D eigenvalue weighted by Gasteiger charge is -2.38. The van der Waals surface area contributed by atoms with Gasteiger partial charge in [0.05, 0.1) is 18.1 Å². The Morgan fingerprint density at radius 2 is 2.04 bits per heavy atom. The van der Waals surface area contributed by atoms with Gasteiger partial charge in [-0.2, -0.15) is 5.10 Å². The molecule has 0 atom stereocenters. The fraction of sp³-hybridized carbons (Fsp3) is 0.588.